The summed E-state index contributed by atoms with van der Waals surface area (Å²) in [6.45, 7) is 6.23. The van der Waals surface area contributed by atoms with Crippen molar-refractivity contribution in [2.75, 3.05) is 0 Å². The third kappa shape index (κ3) is 4.16. The molecular formula is C24H19NS. The van der Waals surface area contributed by atoms with Gasteiger partial charge in [0.25, 0.3) is 0 Å². The molecule has 0 spiro atoms. The molecule has 0 saturated carbocycles. The van der Waals surface area contributed by atoms with Crippen molar-refractivity contribution in [3.8, 4) is 23.0 Å². The van der Waals surface area contributed by atoms with Crippen molar-refractivity contribution < 1.29 is 0 Å². The second kappa shape index (κ2) is 7.93. The number of benzene rings is 3. The molecule has 0 aromatic heterocycles. The highest BCUT2D eigenvalue weighted by atomic mass is 32.1. The van der Waals surface area contributed by atoms with Crippen LogP contribution in [0.1, 0.15) is 27.8 Å². The molecule has 2 heteroatoms. The molecule has 0 unspecified atom stereocenters. The summed E-state index contributed by atoms with van der Waals surface area (Å²) < 4.78 is 0. The standard InChI is InChI=1S/C24H19NS/c1-17-4-6-20(7-5-17)8-9-21-10-12-23(18(2)14-21)22-11-13-24(25-16-26)19(3)15-22/h4-7,10-15H,1-3H3. The van der Waals surface area contributed by atoms with Gasteiger partial charge >= 0.3 is 0 Å². The summed E-state index contributed by atoms with van der Waals surface area (Å²) in [6, 6.07) is 20.8. The molecule has 0 fully saturated rings. The summed E-state index contributed by atoms with van der Waals surface area (Å²) in [4.78, 5) is 4.08. The molecule has 26 heavy (non-hydrogen) atoms. The van der Waals surface area contributed by atoms with Crippen molar-refractivity contribution in [1.82, 2.24) is 0 Å². The van der Waals surface area contributed by atoms with Crippen LogP contribution in [-0.2, 0) is 0 Å². The minimum atomic E-state index is 0.863. The van der Waals surface area contributed by atoms with Crippen LogP contribution in [0.3, 0.4) is 0 Å². The zero-order chi connectivity index (χ0) is 18.5. The first-order valence-corrected chi connectivity index (χ1v) is 8.86. The van der Waals surface area contributed by atoms with E-state index in [-0.39, 0.29) is 0 Å². The van der Waals surface area contributed by atoms with E-state index in [1.807, 2.05) is 13.0 Å². The zero-order valence-electron chi connectivity index (χ0n) is 15.1. The lowest BCUT2D eigenvalue weighted by atomic mass is 9.97. The van der Waals surface area contributed by atoms with Crippen LogP contribution >= 0.6 is 12.2 Å². The Morgan fingerprint density at radius 3 is 2.08 bits per heavy atom. The third-order valence-electron chi connectivity index (χ3n) is 4.30. The van der Waals surface area contributed by atoms with E-state index in [9.17, 15) is 0 Å². The second-order valence-corrected chi connectivity index (χ2v) is 6.53. The van der Waals surface area contributed by atoms with Crippen LogP contribution in [0.5, 0.6) is 0 Å². The monoisotopic (exact) mass is 353 g/mol. The fourth-order valence-electron chi connectivity index (χ4n) is 2.84. The summed E-state index contributed by atoms with van der Waals surface area (Å²) >= 11 is 4.69. The van der Waals surface area contributed by atoms with Crippen LogP contribution in [-0.4, -0.2) is 5.16 Å². The topological polar surface area (TPSA) is 12.4 Å². The van der Waals surface area contributed by atoms with E-state index in [4.69, 9.17) is 12.2 Å². The average molecular weight is 353 g/mol. The van der Waals surface area contributed by atoms with Gasteiger partial charge in [-0.2, -0.15) is 4.99 Å². The van der Waals surface area contributed by atoms with E-state index < -0.39 is 0 Å². The summed E-state index contributed by atoms with van der Waals surface area (Å²) in [7, 11) is 0. The van der Waals surface area contributed by atoms with E-state index in [2.05, 4.69) is 90.4 Å². The van der Waals surface area contributed by atoms with E-state index in [0.717, 1.165) is 22.4 Å². The Balaban J connectivity index is 1.90. The Hall–Kier alpha value is -2.98. The minimum absolute atomic E-state index is 0.863. The lowest BCUT2D eigenvalue weighted by molar-refractivity contribution is 1.39. The van der Waals surface area contributed by atoms with Crippen molar-refractivity contribution in [2.45, 2.75) is 20.8 Å². The highest BCUT2D eigenvalue weighted by Gasteiger charge is 2.05. The second-order valence-electron chi connectivity index (χ2n) is 6.35. The molecule has 1 nitrogen and oxygen atoms in total. The molecule has 0 aliphatic heterocycles. The van der Waals surface area contributed by atoms with Crippen molar-refractivity contribution in [3.63, 3.8) is 0 Å². The lowest BCUT2D eigenvalue weighted by Crippen LogP contribution is -1.87. The third-order valence-corrected chi connectivity index (χ3v) is 4.39. The molecular weight excluding hydrogens is 334 g/mol. The first kappa shape index (κ1) is 17.8. The number of hydrogen-bond acceptors (Lipinski definition) is 2. The Morgan fingerprint density at radius 2 is 1.42 bits per heavy atom. The number of isothiocyanates is 1. The normalized spacial score (nSPS) is 9.81. The molecule has 0 radical (unpaired) electrons. The molecule has 0 bridgehead atoms. The van der Waals surface area contributed by atoms with Gasteiger partial charge < -0.3 is 0 Å². The Kier molecular flexibility index (Phi) is 5.44. The summed E-state index contributed by atoms with van der Waals surface area (Å²) in [6.07, 6.45) is 0. The predicted molar refractivity (Wildman–Crippen MR) is 113 cm³/mol. The smallest absolute Gasteiger partial charge is 0.0769 e. The van der Waals surface area contributed by atoms with Gasteiger partial charge in [0.15, 0.2) is 0 Å². The number of thiocarbonyl (C=S) groups is 1. The van der Waals surface area contributed by atoms with Crippen molar-refractivity contribution in [2.24, 2.45) is 4.99 Å². The summed E-state index contributed by atoms with van der Waals surface area (Å²) in [5.41, 5.74) is 8.81. The number of nitrogens with zero attached hydrogens (tertiary/aromatic N) is 1. The van der Waals surface area contributed by atoms with E-state index in [0.29, 0.717) is 0 Å². The molecule has 3 aromatic carbocycles. The van der Waals surface area contributed by atoms with Crippen LogP contribution in [0, 0.1) is 32.6 Å². The highest BCUT2D eigenvalue weighted by Crippen LogP contribution is 2.29. The van der Waals surface area contributed by atoms with Crippen LogP contribution in [0.15, 0.2) is 65.7 Å². The zero-order valence-corrected chi connectivity index (χ0v) is 15.9. The first-order valence-electron chi connectivity index (χ1n) is 8.45. The fourth-order valence-corrected chi connectivity index (χ4v) is 2.94. The van der Waals surface area contributed by atoms with Gasteiger partial charge in [0.2, 0.25) is 0 Å². The maximum Gasteiger partial charge on any atom is 0.0769 e. The molecule has 0 amide bonds. The quantitative estimate of drug-likeness (QED) is 0.294. The van der Waals surface area contributed by atoms with Crippen LogP contribution in [0.2, 0.25) is 0 Å². The average Bonchev–Trinajstić information content (AvgIpc) is 2.63. The predicted octanol–water partition coefficient (Wildman–Crippen LogP) is 6.41. The molecule has 126 valence electrons. The molecule has 0 saturated heterocycles. The molecule has 3 rings (SSSR count). The Bertz CT molecular complexity index is 1060. The number of hydrogen-bond donors (Lipinski definition) is 0. The largest absolute Gasteiger partial charge is 0.194 e. The molecule has 0 N–H and O–H groups in total. The minimum Gasteiger partial charge on any atom is -0.194 e. The van der Waals surface area contributed by atoms with Gasteiger partial charge in [-0.1, -0.05) is 41.7 Å². The maximum absolute atomic E-state index is 4.69. The number of aryl methyl sites for hydroxylation is 3. The van der Waals surface area contributed by atoms with Gasteiger partial charge in [-0.15, -0.1) is 0 Å². The van der Waals surface area contributed by atoms with Crippen LogP contribution in [0.4, 0.5) is 5.69 Å². The van der Waals surface area contributed by atoms with Gasteiger partial charge in [-0.05, 0) is 91.6 Å². The van der Waals surface area contributed by atoms with Crippen LogP contribution in [0.25, 0.3) is 11.1 Å². The van der Waals surface area contributed by atoms with Gasteiger partial charge in [0.05, 0.1) is 10.8 Å². The van der Waals surface area contributed by atoms with E-state index in [1.54, 1.807) is 0 Å². The summed E-state index contributed by atoms with van der Waals surface area (Å²) in [5.74, 6) is 6.48. The van der Waals surface area contributed by atoms with Crippen molar-refractivity contribution in [3.05, 3.63) is 88.5 Å². The van der Waals surface area contributed by atoms with E-state index >= 15 is 0 Å². The Morgan fingerprint density at radius 1 is 0.731 bits per heavy atom. The van der Waals surface area contributed by atoms with Crippen molar-refractivity contribution >= 4 is 23.1 Å². The molecule has 3 aromatic rings. The van der Waals surface area contributed by atoms with E-state index in [1.165, 1.54) is 22.3 Å². The SMILES string of the molecule is Cc1ccc(C#Cc2ccc(-c3ccc(N=C=S)c(C)c3)c(C)c2)cc1. The van der Waals surface area contributed by atoms with Gasteiger partial charge in [-0.25, -0.2) is 0 Å². The van der Waals surface area contributed by atoms with Crippen molar-refractivity contribution in [1.29, 1.82) is 0 Å². The molecule has 0 aliphatic carbocycles. The number of aliphatic imine (C=N–C) groups is 1. The maximum atomic E-state index is 4.69. The molecule has 0 aliphatic rings. The first-order chi connectivity index (χ1) is 12.6. The van der Waals surface area contributed by atoms with Gasteiger partial charge in [-0.3, -0.25) is 0 Å². The molecule has 0 heterocycles. The lowest BCUT2D eigenvalue weighted by Gasteiger charge is -2.09. The van der Waals surface area contributed by atoms with Gasteiger partial charge in [0, 0.05) is 11.1 Å². The van der Waals surface area contributed by atoms with Gasteiger partial charge in [0.1, 0.15) is 0 Å². The fraction of sp³-hybridized carbons (Fsp3) is 0.125. The van der Waals surface area contributed by atoms with Crippen LogP contribution < -0.4 is 0 Å². The Labute approximate surface area is 160 Å². The highest BCUT2D eigenvalue weighted by molar-refractivity contribution is 7.78. The summed E-state index contributed by atoms with van der Waals surface area (Å²) in [5, 5.41) is 2.43. The number of rotatable bonds is 2. The molecule has 0 atom stereocenters.